The highest BCUT2D eigenvalue weighted by atomic mass is 32.2. The monoisotopic (exact) mass is 487 g/mol. The molecule has 0 aliphatic carbocycles. The van der Waals surface area contributed by atoms with Crippen LogP contribution in [0.1, 0.15) is 25.0 Å². The number of carbonyl (C=O) groups excluding carboxylic acids is 2. The SMILES string of the molecule is O=C(Nc1ccc2nc(SCCC3OCCCO3)sc2c1)C1CC(=O)N(Cc2ccco2)C1. The number of carbonyl (C=O) groups is 2. The third-order valence-corrected chi connectivity index (χ3v) is 7.82. The van der Waals surface area contributed by atoms with Gasteiger partial charge in [-0.3, -0.25) is 9.59 Å². The predicted octanol–water partition coefficient (Wildman–Crippen LogP) is 4.12. The molecule has 0 saturated carbocycles. The minimum Gasteiger partial charge on any atom is -0.467 e. The molecule has 5 rings (SSSR count). The second-order valence-corrected chi connectivity index (χ2v) is 10.4. The van der Waals surface area contributed by atoms with Gasteiger partial charge in [-0.2, -0.15) is 0 Å². The summed E-state index contributed by atoms with van der Waals surface area (Å²) in [5.41, 5.74) is 1.62. The molecule has 2 aliphatic rings. The molecule has 3 aromatic rings. The van der Waals surface area contributed by atoms with Crippen LogP contribution in [-0.2, 0) is 25.6 Å². The number of aromatic nitrogens is 1. The Kier molecular flexibility index (Phi) is 6.96. The topological polar surface area (TPSA) is 93.9 Å². The molecule has 33 heavy (non-hydrogen) atoms. The quantitative estimate of drug-likeness (QED) is 0.478. The Balaban J connectivity index is 1.15. The lowest BCUT2D eigenvalue weighted by Gasteiger charge is -2.22. The van der Waals surface area contributed by atoms with E-state index in [9.17, 15) is 9.59 Å². The van der Waals surface area contributed by atoms with E-state index in [0.29, 0.717) is 24.5 Å². The fraction of sp³-hybridized carbons (Fsp3) is 0.435. The Bertz CT molecular complexity index is 1110. The Morgan fingerprint density at radius 2 is 2.15 bits per heavy atom. The number of nitrogens with one attached hydrogen (secondary N) is 1. The maximum atomic E-state index is 12.8. The van der Waals surface area contributed by atoms with E-state index >= 15 is 0 Å². The zero-order chi connectivity index (χ0) is 22.6. The van der Waals surface area contributed by atoms with Gasteiger partial charge in [0.25, 0.3) is 0 Å². The fourth-order valence-electron chi connectivity index (χ4n) is 3.92. The first kappa shape index (κ1) is 22.4. The zero-order valence-electron chi connectivity index (χ0n) is 18.0. The average Bonchev–Trinajstić information content (AvgIpc) is 3.55. The molecule has 0 radical (unpaired) electrons. The largest absolute Gasteiger partial charge is 0.467 e. The van der Waals surface area contributed by atoms with Gasteiger partial charge in [0.05, 0.1) is 42.2 Å². The number of hydrogen-bond acceptors (Lipinski definition) is 8. The number of likely N-dealkylation sites (tertiary alicyclic amines) is 1. The molecule has 2 saturated heterocycles. The minimum absolute atomic E-state index is 0.0323. The molecule has 0 bridgehead atoms. The van der Waals surface area contributed by atoms with Crippen LogP contribution >= 0.6 is 23.1 Å². The number of hydrogen-bond donors (Lipinski definition) is 1. The van der Waals surface area contributed by atoms with Crippen molar-refractivity contribution in [2.45, 2.75) is 36.4 Å². The van der Waals surface area contributed by atoms with E-state index in [4.69, 9.17) is 13.9 Å². The average molecular weight is 488 g/mol. The number of benzene rings is 1. The van der Waals surface area contributed by atoms with Crippen molar-refractivity contribution >= 4 is 50.8 Å². The van der Waals surface area contributed by atoms with Crippen LogP contribution in [0.15, 0.2) is 45.4 Å². The molecule has 2 aliphatic heterocycles. The Labute approximate surface area is 199 Å². The number of ether oxygens (including phenoxy) is 2. The number of thiazole rings is 1. The van der Waals surface area contributed by atoms with Crippen molar-refractivity contribution in [3.63, 3.8) is 0 Å². The third kappa shape index (κ3) is 5.57. The standard InChI is InChI=1S/C23H25N3O5S2/c27-20-11-15(13-26(20)14-17-3-1-7-29-17)22(28)24-16-4-5-18-19(12-16)33-23(25-18)32-10-6-21-30-8-2-9-31-21/h1,3-5,7,12,15,21H,2,6,8-11,13-14H2,(H,24,28). The summed E-state index contributed by atoms with van der Waals surface area (Å²) in [5.74, 6) is 1.04. The van der Waals surface area contributed by atoms with Gasteiger partial charge in [0.1, 0.15) is 5.76 Å². The van der Waals surface area contributed by atoms with Crippen LogP contribution in [0.4, 0.5) is 5.69 Å². The van der Waals surface area contributed by atoms with E-state index in [2.05, 4.69) is 10.3 Å². The molecule has 8 nitrogen and oxygen atoms in total. The number of fused-ring (bicyclic) bond motifs is 1. The van der Waals surface area contributed by atoms with Gasteiger partial charge in [-0.15, -0.1) is 11.3 Å². The summed E-state index contributed by atoms with van der Waals surface area (Å²) in [4.78, 5) is 31.4. The van der Waals surface area contributed by atoms with Crippen LogP contribution < -0.4 is 5.32 Å². The molecule has 2 aromatic heterocycles. The van der Waals surface area contributed by atoms with Crippen molar-refractivity contribution in [1.29, 1.82) is 0 Å². The smallest absolute Gasteiger partial charge is 0.229 e. The zero-order valence-corrected chi connectivity index (χ0v) is 19.7. The van der Waals surface area contributed by atoms with Crippen molar-refractivity contribution in [3.8, 4) is 0 Å². The summed E-state index contributed by atoms with van der Waals surface area (Å²) < 4.78 is 18.5. The van der Waals surface area contributed by atoms with Gasteiger partial charge >= 0.3 is 0 Å². The maximum absolute atomic E-state index is 12.8. The van der Waals surface area contributed by atoms with Gasteiger partial charge in [0, 0.05) is 30.8 Å². The third-order valence-electron chi connectivity index (χ3n) is 5.62. The van der Waals surface area contributed by atoms with Crippen LogP contribution in [-0.4, -0.2) is 53.5 Å². The van der Waals surface area contributed by atoms with Crippen molar-refractivity contribution in [2.75, 3.05) is 30.8 Å². The Morgan fingerprint density at radius 1 is 1.27 bits per heavy atom. The van der Waals surface area contributed by atoms with Crippen molar-refractivity contribution in [2.24, 2.45) is 5.92 Å². The first-order chi connectivity index (χ1) is 16.1. The van der Waals surface area contributed by atoms with E-state index in [-0.39, 0.29) is 30.4 Å². The maximum Gasteiger partial charge on any atom is 0.229 e. The summed E-state index contributed by atoms with van der Waals surface area (Å²) in [5, 5.41) is 2.97. The first-order valence-electron chi connectivity index (χ1n) is 11.0. The van der Waals surface area contributed by atoms with E-state index in [1.54, 1.807) is 40.3 Å². The molecule has 4 heterocycles. The lowest BCUT2D eigenvalue weighted by molar-refractivity contribution is -0.178. The van der Waals surface area contributed by atoms with E-state index in [1.165, 1.54) is 0 Å². The molecule has 2 fully saturated rings. The van der Waals surface area contributed by atoms with Crippen LogP contribution in [0.3, 0.4) is 0 Å². The fourth-order valence-corrected chi connectivity index (χ4v) is 6.06. The molecule has 174 valence electrons. The highest BCUT2D eigenvalue weighted by molar-refractivity contribution is 8.01. The normalized spacial score (nSPS) is 19.5. The minimum atomic E-state index is -0.375. The molecule has 10 heteroatoms. The van der Waals surface area contributed by atoms with Gasteiger partial charge in [-0.25, -0.2) is 4.98 Å². The second-order valence-electron chi connectivity index (χ2n) is 8.07. The molecule has 2 amide bonds. The van der Waals surface area contributed by atoms with Crippen molar-refractivity contribution in [3.05, 3.63) is 42.4 Å². The number of rotatable bonds is 8. The molecule has 1 N–H and O–H groups in total. The van der Waals surface area contributed by atoms with Crippen LogP contribution in [0.2, 0.25) is 0 Å². The number of nitrogens with zero attached hydrogens (tertiary/aromatic N) is 2. The summed E-state index contributed by atoms with van der Waals surface area (Å²) in [6, 6.07) is 9.34. The van der Waals surface area contributed by atoms with Gasteiger partial charge in [-0.05, 0) is 36.8 Å². The highest BCUT2D eigenvalue weighted by Crippen LogP contribution is 2.32. The van der Waals surface area contributed by atoms with E-state index in [0.717, 1.165) is 46.4 Å². The van der Waals surface area contributed by atoms with Crippen molar-refractivity contribution < 1.29 is 23.5 Å². The lowest BCUT2D eigenvalue weighted by Crippen LogP contribution is -2.27. The van der Waals surface area contributed by atoms with Gasteiger partial charge in [-0.1, -0.05) is 11.8 Å². The molecule has 1 aromatic carbocycles. The second kappa shape index (κ2) is 10.3. The highest BCUT2D eigenvalue weighted by Gasteiger charge is 2.34. The Morgan fingerprint density at radius 3 is 2.97 bits per heavy atom. The first-order valence-corrected chi connectivity index (χ1v) is 12.8. The number of anilines is 1. The number of furan rings is 1. The molecule has 1 atom stereocenters. The lowest BCUT2D eigenvalue weighted by atomic mass is 10.1. The molecule has 1 unspecified atom stereocenters. The summed E-state index contributed by atoms with van der Waals surface area (Å²) >= 11 is 3.30. The van der Waals surface area contributed by atoms with Crippen molar-refractivity contribution in [1.82, 2.24) is 9.88 Å². The number of amides is 2. The summed E-state index contributed by atoms with van der Waals surface area (Å²) in [6.45, 7) is 2.31. The number of thioether (sulfide) groups is 1. The van der Waals surface area contributed by atoms with Crippen LogP contribution in [0.25, 0.3) is 10.2 Å². The van der Waals surface area contributed by atoms with Gasteiger partial charge in [0.15, 0.2) is 10.6 Å². The van der Waals surface area contributed by atoms with Crippen LogP contribution in [0, 0.1) is 5.92 Å². The molecular weight excluding hydrogens is 462 g/mol. The van der Waals surface area contributed by atoms with Crippen LogP contribution in [0.5, 0.6) is 0 Å². The van der Waals surface area contributed by atoms with E-state index < -0.39 is 0 Å². The van der Waals surface area contributed by atoms with E-state index in [1.807, 2.05) is 24.3 Å². The summed E-state index contributed by atoms with van der Waals surface area (Å²) in [7, 11) is 0. The van der Waals surface area contributed by atoms with Gasteiger partial charge < -0.3 is 24.1 Å². The molecular formula is C23H25N3O5S2. The predicted molar refractivity (Wildman–Crippen MR) is 126 cm³/mol. The summed E-state index contributed by atoms with van der Waals surface area (Å²) in [6.07, 6.45) is 3.48. The molecule has 0 spiro atoms. The van der Waals surface area contributed by atoms with Gasteiger partial charge in [0.2, 0.25) is 11.8 Å². The Hall–Kier alpha value is -2.40.